The number of benzene rings is 2. The molecule has 3 aromatic rings. The van der Waals surface area contributed by atoms with Crippen molar-refractivity contribution in [2.24, 2.45) is 0 Å². The number of nitrogens with zero attached hydrogens (tertiary/aromatic N) is 3. The number of fused-ring (bicyclic) bond motifs is 1. The monoisotopic (exact) mass is 396 g/mol. The van der Waals surface area contributed by atoms with Crippen molar-refractivity contribution in [3.8, 4) is 0 Å². The molecule has 0 unspecified atom stereocenters. The van der Waals surface area contributed by atoms with Crippen molar-refractivity contribution in [1.82, 2.24) is 14.8 Å². The summed E-state index contributed by atoms with van der Waals surface area (Å²) in [5.74, 6) is 0.181. The van der Waals surface area contributed by atoms with Gasteiger partial charge in [-0.05, 0) is 36.2 Å². The molecule has 0 amide bonds. The van der Waals surface area contributed by atoms with E-state index in [1.165, 1.54) is 12.4 Å². The van der Waals surface area contributed by atoms with E-state index >= 15 is 0 Å². The van der Waals surface area contributed by atoms with Gasteiger partial charge in [-0.2, -0.15) is 10.1 Å². The van der Waals surface area contributed by atoms with Crippen LogP contribution in [-0.4, -0.2) is 14.8 Å². The first kappa shape index (κ1) is 16.6. The molecule has 2 aromatic carbocycles. The van der Waals surface area contributed by atoms with Gasteiger partial charge in [-0.3, -0.25) is 0 Å². The van der Waals surface area contributed by atoms with E-state index in [0.717, 1.165) is 5.56 Å². The summed E-state index contributed by atoms with van der Waals surface area (Å²) >= 11 is 18.4. The molecule has 4 nitrogen and oxygen atoms in total. The molecule has 1 aliphatic heterocycles. The summed E-state index contributed by atoms with van der Waals surface area (Å²) in [5.41, 5.74) is 1.34. The third kappa shape index (κ3) is 2.97. The average molecular weight is 398 g/mol. The highest BCUT2D eigenvalue weighted by molar-refractivity contribution is 6.42. The topological polar surface area (TPSA) is 42.7 Å². The van der Waals surface area contributed by atoms with Crippen LogP contribution < -0.4 is 5.32 Å². The fraction of sp³-hybridized carbons (Fsp3) is 0.176. The maximum Gasteiger partial charge on any atom is 0.222 e. The van der Waals surface area contributed by atoms with Crippen LogP contribution in [0.5, 0.6) is 0 Å². The van der Waals surface area contributed by atoms with Gasteiger partial charge < -0.3 is 5.32 Å². The maximum absolute atomic E-state index is 14.5. The van der Waals surface area contributed by atoms with Crippen molar-refractivity contribution < 1.29 is 4.39 Å². The van der Waals surface area contributed by atoms with Crippen LogP contribution in [0.1, 0.15) is 29.6 Å². The van der Waals surface area contributed by atoms with Crippen molar-refractivity contribution in [3.05, 3.63) is 74.7 Å². The summed E-state index contributed by atoms with van der Waals surface area (Å²) in [5, 5.41) is 8.84. The highest BCUT2D eigenvalue weighted by atomic mass is 35.5. The number of hydrogen-bond acceptors (Lipinski definition) is 3. The summed E-state index contributed by atoms with van der Waals surface area (Å²) in [7, 11) is 0. The van der Waals surface area contributed by atoms with Crippen molar-refractivity contribution in [1.29, 1.82) is 0 Å². The first-order chi connectivity index (χ1) is 12.0. The number of aromatic nitrogens is 3. The summed E-state index contributed by atoms with van der Waals surface area (Å²) in [6.07, 6.45) is 1.97. The molecule has 0 bridgehead atoms. The second kappa shape index (κ2) is 6.48. The van der Waals surface area contributed by atoms with Crippen LogP contribution in [0.3, 0.4) is 0 Å². The minimum atomic E-state index is -0.382. The summed E-state index contributed by atoms with van der Waals surface area (Å²) < 4.78 is 16.1. The Balaban J connectivity index is 1.79. The number of hydrogen-bond donors (Lipinski definition) is 1. The average Bonchev–Trinajstić information content (AvgIpc) is 3.05. The van der Waals surface area contributed by atoms with Crippen LogP contribution in [-0.2, 0) is 0 Å². The molecule has 4 rings (SSSR count). The number of halogens is 4. The second-order valence-corrected chi connectivity index (χ2v) is 7.01. The van der Waals surface area contributed by atoms with Gasteiger partial charge in [0.25, 0.3) is 0 Å². The molecule has 0 saturated carbocycles. The predicted molar refractivity (Wildman–Crippen MR) is 97.0 cm³/mol. The Hall–Kier alpha value is -1.82. The molecule has 0 spiro atoms. The molecule has 25 heavy (non-hydrogen) atoms. The first-order valence-corrected chi connectivity index (χ1v) is 8.73. The van der Waals surface area contributed by atoms with Gasteiger partial charge in [-0.15, -0.1) is 0 Å². The van der Waals surface area contributed by atoms with E-state index in [-0.39, 0.29) is 17.9 Å². The lowest BCUT2D eigenvalue weighted by Gasteiger charge is -2.32. The van der Waals surface area contributed by atoms with Gasteiger partial charge in [0.1, 0.15) is 12.1 Å². The first-order valence-electron chi connectivity index (χ1n) is 7.59. The Morgan fingerprint density at radius 1 is 1.08 bits per heavy atom. The summed E-state index contributed by atoms with van der Waals surface area (Å²) in [4.78, 5) is 4.22. The van der Waals surface area contributed by atoms with E-state index < -0.39 is 0 Å². The van der Waals surface area contributed by atoms with E-state index in [9.17, 15) is 4.39 Å². The van der Waals surface area contributed by atoms with E-state index in [4.69, 9.17) is 34.8 Å². The molecule has 0 radical (unpaired) electrons. The minimum Gasteiger partial charge on any atom is -0.348 e. The minimum absolute atomic E-state index is 0.132. The van der Waals surface area contributed by atoms with Gasteiger partial charge in [-0.25, -0.2) is 9.07 Å². The van der Waals surface area contributed by atoms with Gasteiger partial charge in [0.05, 0.1) is 22.1 Å². The Bertz CT molecular complexity index is 923. The largest absolute Gasteiger partial charge is 0.348 e. The molecule has 1 N–H and O–H groups in total. The molecule has 0 fully saturated rings. The van der Waals surface area contributed by atoms with Crippen molar-refractivity contribution in [2.75, 3.05) is 5.32 Å². The Morgan fingerprint density at radius 2 is 1.92 bits per heavy atom. The fourth-order valence-electron chi connectivity index (χ4n) is 3.14. The van der Waals surface area contributed by atoms with Gasteiger partial charge in [-0.1, -0.05) is 46.9 Å². The maximum atomic E-state index is 14.5. The van der Waals surface area contributed by atoms with E-state index in [1.54, 1.807) is 28.9 Å². The fourth-order valence-corrected chi connectivity index (χ4v) is 3.73. The normalized spacial score (nSPS) is 19.4. The lowest BCUT2D eigenvalue weighted by Crippen LogP contribution is -2.28. The Labute approximate surface area is 158 Å². The van der Waals surface area contributed by atoms with Crippen LogP contribution in [0.15, 0.2) is 42.7 Å². The highest BCUT2D eigenvalue weighted by Crippen LogP contribution is 2.41. The van der Waals surface area contributed by atoms with E-state index in [0.29, 0.717) is 33.0 Å². The zero-order valence-electron chi connectivity index (χ0n) is 12.8. The zero-order chi connectivity index (χ0) is 17.6. The molecule has 8 heteroatoms. The quantitative estimate of drug-likeness (QED) is 0.619. The van der Waals surface area contributed by atoms with Crippen molar-refractivity contribution in [3.63, 3.8) is 0 Å². The number of rotatable bonds is 2. The van der Waals surface area contributed by atoms with Gasteiger partial charge >= 0.3 is 0 Å². The molecule has 128 valence electrons. The lowest BCUT2D eigenvalue weighted by atomic mass is 9.93. The Kier molecular flexibility index (Phi) is 4.31. The van der Waals surface area contributed by atoms with Crippen LogP contribution >= 0.6 is 34.8 Å². The van der Waals surface area contributed by atoms with E-state index in [1.807, 2.05) is 6.07 Å². The van der Waals surface area contributed by atoms with Crippen LogP contribution in [0.4, 0.5) is 10.3 Å². The third-order valence-corrected chi connectivity index (χ3v) is 5.38. The summed E-state index contributed by atoms with van der Waals surface area (Å²) in [6, 6.07) is 9.57. The van der Waals surface area contributed by atoms with E-state index in [2.05, 4.69) is 15.4 Å². The van der Waals surface area contributed by atoms with Gasteiger partial charge in [0, 0.05) is 10.6 Å². The lowest BCUT2D eigenvalue weighted by molar-refractivity contribution is 0.416. The molecule has 0 aliphatic carbocycles. The molecular formula is C17H12Cl3FN4. The molecule has 1 aromatic heterocycles. The van der Waals surface area contributed by atoms with Gasteiger partial charge in [0.15, 0.2) is 0 Å². The Morgan fingerprint density at radius 3 is 2.68 bits per heavy atom. The van der Waals surface area contributed by atoms with Crippen molar-refractivity contribution >= 4 is 40.8 Å². The van der Waals surface area contributed by atoms with Crippen LogP contribution in [0.25, 0.3) is 0 Å². The summed E-state index contributed by atoms with van der Waals surface area (Å²) in [6.45, 7) is 0. The predicted octanol–water partition coefficient (Wildman–Crippen LogP) is 5.52. The zero-order valence-corrected chi connectivity index (χ0v) is 15.0. The standard InChI is InChI=1S/C17H12Cl3FN4/c18-10-5-4-9(6-12(10)20)14-7-15(25-17(24-14)22-8-23-25)16-11(19)2-1-3-13(16)21/h1-6,8,14-15H,7H2,(H,22,23,24)/t14-,15+/m1/s1. The molecular weight excluding hydrogens is 386 g/mol. The third-order valence-electron chi connectivity index (χ3n) is 4.31. The van der Waals surface area contributed by atoms with Gasteiger partial charge in [0.2, 0.25) is 5.95 Å². The highest BCUT2D eigenvalue weighted by Gasteiger charge is 2.32. The van der Waals surface area contributed by atoms with Crippen LogP contribution in [0.2, 0.25) is 15.1 Å². The smallest absolute Gasteiger partial charge is 0.222 e. The second-order valence-electron chi connectivity index (χ2n) is 5.79. The number of anilines is 1. The molecule has 1 aliphatic rings. The van der Waals surface area contributed by atoms with Crippen LogP contribution in [0, 0.1) is 5.82 Å². The van der Waals surface area contributed by atoms with Crippen molar-refractivity contribution in [2.45, 2.75) is 18.5 Å². The molecule has 2 heterocycles. The molecule has 0 saturated heterocycles. The number of nitrogens with one attached hydrogen (secondary N) is 1. The SMILES string of the molecule is Fc1cccc(Cl)c1[C@@H]1C[C@H](c2ccc(Cl)c(Cl)c2)Nc2ncnn21. The molecule has 2 atom stereocenters.